The average molecular weight is 375 g/mol. The van der Waals surface area contributed by atoms with Gasteiger partial charge in [0.15, 0.2) is 6.61 Å². The lowest BCUT2D eigenvalue weighted by atomic mass is 10.0. The van der Waals surface area contributed by atoms with Crippen molar-refractivity contribution in [3.8, 4) is 5.75 Å². The maximum Gasteiger partial charge on any atom is 0.257 e. The second kappa shape index (κ2) is 9.67. The summed E-state index contributed by atoms with van der Waals surface area (Å²) < 4.78 is 6.10. The number of hydrogen-bond donors (Lipinski definition) is 2. The van der Waals surface area contributed by atoms with Crippen molar-refractivity contribution in [1.29, 1.82) is 0 Å². The summed E-state index contributed by atoms with van der Waals surface area (Å²) in [7, 11) is 0. The van der Waals surface area contributed by atoms with E-state index in [0.717, 1.165) is 25.4 Å². The third kappa shape index (κ3) is 5.78. The molecule has 128 valence electrons. The quantitative estimate of drug-likeness (QED) is 0.801. The highest BCUT2D eigenvalue weighted by Crippen LogP contribution is 2.43. The summed E-state index contributed by atoms with van der Waals surface area (Å²) in [5.74, 6) is 3.78. The molecule has 0 bridgehead atoms. The van der Waals surface area contributed by atoms with Crippen molar-refractivity contribution in [3.05, 3.63) is 29.8 Å². The number of amides is 1. The first kappa shape index (κ1) is 18.8. The first-order valence-corrected chi connectivity index (χ1v) is 9.84. The van der Waals surface area contributed by atoms with Crippen LogP contribution in [0.25, 0.3) is 0 Å². The van der Waals surface area contributed by atoms with Crippen molar-refractivity contribution in [3.63, 3.8) is 0 Å². The predicted octanol–water partition coefficient (Wildman–Crippen LogP) is 2.69. The summed E-state index contributed by atoms with van der Waals surface area (Å²) in [6.45, 7) is 2.83. The highest BCUT2D eigenvalue weighted by atomic mass is 35.5. The Balaban J connectivity index is 0.00000192. The van der Waals surface area contributed by atoms with E-state index in [-0.39, 0.29) is 24.9 Å². The minimum absolute atomic E-state index is 0. The predicted molar refractivity (Wildman–Crippen MR) is 101 cm³/mol. The molecule has 2 heterocycles. The molecule has 3 rings (SSSR count). The van der Waals surface area contributed by atoms with Gasteiger partial charge in [-0.05, 0) is 35.6 Å². The lowest BCUT2D eigenvalue weighted by molar-refractivity contribution is -0.123. The lowest BCUT2D eigenvalue weighted by Crippen LogP contribution is -2.48. The SMILES string of the molecule is Cl.O=C(COc1ccc(C2SCCCS2)cc1)NCC1CNC1. The molecule has 1 amide bonds. The first-order valence-electron chi connectivity index (χ1n) is 7.74. The fraction of sp³-hybridized carbons (Fsp3) is 0.562. The summed E-state index contributed by atoms with van der Waals surface area (Å²) in [5.41, 5.74) is 1.34. The molecule has 0 unspecified atom stereocenters. The van der Waals surface area contributed by atoms with Crippen LogP contribution in [0.15, 0.2) is 24.3 Å². The zero-order chi connectivity index (χ0) is 15.2. The van der Waals surface area contributed by atoms with E-state index in [1.807, 2.05) is 35.7 Å². The van der Waals surface area contributed by atoms with Gasteiger partial charge in [-0.3, -0.25) is 4.79 Å². The molecular weight excluding hydrogens is 352 g/mol. The van der Waals surface area contributed by atoms with Gasteiger partial charge in [-0.25, -0.2) is 0 Å². The molecule has 7 heteroatoms. The summed E-state index contributed by atoms with van der Waals surface area (Å²) in [6, 6.07) is 8.16. The number of rotatable bonds is 6. The van der Waals surface area contributed by atoms with Gasteiger partial charge in [0, 0.05) is 25.6 Å². The van der Waals surface area contributed by atoms with E-state index in [0.29, 0.717) is 10.5 Å². The highest BCUT2D eigenvalue weighted by molar-refractivity contribution is 8.16. The molecule has 1 aromatic rings. The fourth-order valence-electron chi connectivity index (χ4n) is 2.35. The number of halogens is 1. The Morgan fingerprint density at radius 2 is 1.91 bits per heavy atom. The Bertz CT molecular complexity index is 491. The zero-order valence-electron chi connectivity index (χ0n) is 13.0. The number of thioether (sulfide) groups is 2. The second-order valence-electron chi connectivity index (χ2n) is 5.61. The largest absolute Gasteiger partial charge is 0.484 e. The number of carbonyl (C=O) groups is 1. The van der Waals surface area contributed by atoms with Crippen molar-refractivity contribution in [2.24, 2.45) is 5.92 Å². The van der Waals surface area contributed by atoms with E-state index in [2.05, 4.69) is 22.8 Å². The number of ether oxygens (including phenoxy) is 1. The van der Waals surface area contributed by atoms with E-state index in [4.69, 9.17) is 4.74 Å². The van der Waals surface area contributed by atoms with Crippen LogP contribution in [0.3, 0.4) is 0 Å². The number of nitrogens with one attached hydrogen (secondary N) is 2. The average Bonchev–Trinajstić information content (AvgIpc) is 2.53. The van der Waals surface area contributed by atoms with Gasteiger partial charge in [-0.15, -0.1) is 35.9 Å². The maximum absolute atomic E-state index is 11.7. The van der Waals surface area contributed by atoms with Crippen LogP contribution in [0.2, 0.25) is 0 Å². The van der Waals surface area contributed by atoms with Crippen molar-refractivity contribution >= 4 is 41.8 Å². The van der Waals surface area contributed by atoms with Crippen LogP contribution >= 0.6 is 35.9 Å². The van der Waals surface area contributed by atoms with Gasteiger partial charge in [0.25, 0.3) is 5.91 Å². The molecule has 0 radical (unpaired) electrons. The Morgan fingerprint density at radius 1 is 1.22 bits per heavy atom. The van der Waals surface area contributed by atoms with Gasteiger partial charge in [0.05, 0.1) is 4.58 Å². The van der Waals surface area contributed by atoms with Crippen LogP contribution in [0.4, 0.5) is 0 Å². The molecule has 2 fully saturated rings. The third-order valence-electron chi connectivity index (χ3n) is 3.80. The van der Waals surface area contributed by atoms with Crippen LogP contribution < -0.4 is 15.4 Å². The molecule has 2 N–H and O–H groups in total. The molecule has 1 aromatic carbocycles. The summed E-state index contributed by atoms with van der Waals surface area (Å²) in [6.07, 6.45) is 1.30. The monoisotopic (exact) mass is 374 g/mol. The Labute approximate surface area is 152 Å². The molecule has 0 aliphatic carbocycles. The van der Waals surface area contributed by atoms with Crippen LogP contribution in [-0.2, 0) is 4.79 Å². The summed E-state index contributed by atoms with van der Waals surface area (Å²) in [4.78, 5) is 11.7. The standard InChI is InChI=1S/C16H22N2O2S2.ClH/c19-15(18-10-12-8-17-9-12)11-20-14-4-2-13(3-5-14)16-21-6-1-7-22-16;/h2-5,12,16-17H,1,6-11H2,(H,18,19);1H. The van der Waals surface area contributed by atoms with E-state index in [1.54, 1.807) is 0 Å². The molecular formula is C16H23ClN2O2S2. The Morgan fingerprint density at radius 3 is 2.52 bits per heavy atom. The minimum Gasteiger partial charge on any atom is -0.484 e. The molecule has 0 atom stereocenters. The molecule has 0 saturated carbocycles. The van der Waals surface area contributed by atoms with Crippen LogP contribution in [-0.4, -0.2) is 43.7 Å². The van der Waals surface area contributed by atoms with E-state index in [9.17, 15) is 4.79 Å². The van der Waals surface area contributed by atoms with Gasteiger partial charge in [0.2, 0.25) is 0 Å². The molecule has 23 heavy (non-hydrogen) atoms. The number of carbonyl (C=O) groups excluding carboxylic acids is 1. The minimum atomic E-state index is -0.0469. The fourth-order valence-corrected chi connectivity index (χ4v) is 5.25. The zero-order valence-corrected chi connectivity index (χ0v) is 15.4. The maximum atomic E-state index is 11.7. The molecule has 2 saturated heterocycles. The molecule has 4 nitrogen and oxygen atoms in total. The molecule has 0 spiro atoms. The first-order chi connectivity index (χ1) is 10.8. The highest BCUT2D eigenvalue weighted by Gasteiger charge is 2.18. The summed E-state index contributed by atoms with van der Waals surface area (Å²) >= 11 is 4.02. The van der Waals surface area contributed by atoms with E-state index >= 15 is 0 Å². The Hall–Kier alpha value is -0.560. The molecule has 0 aromatic heterocycles. The number of hydrogen-bond acceptors (Lipinski definition) is 5. The number of benzene rings is 1. The lowest BCUT2D eigenvalue weighted by Gasteiger charge is -2.27. The van der Waals surface area contributed by atoms with Crippen LogP contribution in [0.5, 0.6) is 5.75 Å². The molecule has 2 aliphatic heterocycles. The van der Waals surface area contributed by atoms with Gasteiger partial charge >= 0.3 is 0 Å². The van der Waals surface area contributed by atoms with Crippen molar-refractivity contribution in [2.45, 2.75) is 11.0 Å². The van der Waals surface area contributed by atoms with Crippen molar-refractivity contribution in [2.75, 3.05) is 37.7 Å². The second-order valence-corrected chi connectivity index (χ2v) is 8.34. The van der Waals surface area contributed by atoms with Gasteiger partial charge in [-0.2, -0.15) is 0 Å². The van der Waals surface area contributed by atoms with Gasteiger partial charge in [-0.1, -0.05) is 12.1 Å². The molecule has 2 aliphatic rings. The van der Waals surface area contributed by atoms with Gasteiger partial charge < -0.3 is 15.4 Å². The van der Waals surface area contributed by atoms with Gasteiger partial charge in [0.1, 0.15) is 5.75 Å². The topological polar surface area (TPSA) is 50.4 Å². The van der Waals surface area contributed by atoms with Crippen LogP contribution in [0.1, 0.15) is 16.6 Å². The van der Waals surface area contributed by atoms with E-state index < -0.39 is 0 Å². The van der Waals surface area contributed by atoms with E-state index in [1.165, 1.54) is 23.5 Å². The van der Waals surface area contributed by atoms with Crippen molar-refractivity contribution < 1.29 is 9.53 Å². The van der Waals surface area contributed by atoms with Crippen LogP contribution in [0, 0.1) is 5.92 Å². The normalized spacial score (nSPS) is 18.6. The third-order valence-corrected chi connectivity index (χ3v) is 6.82. The Kier molecular flexibility index (Phi) is 7.89. The van der Waals surface area contributed by atoms with Crippen molar-refractivity contribution in [1.82, 2.24) is 10.6 Å². The smallest absolute Gasteiger partial charge is 0.257 e. The summed E-state index contributed by atoms with van der Waals surface area (Å²) in [5, 5.41) is 6.10.